The van der Waals surface area contributed by atoms with Crippen LogP contribution in [-0.2, 0) is 0 Å². The van der Waals surface area contributed by atoms with Gasteiger partial charge in [0.25, 0.3) is 0 Å². The molecule has 0 radical (unpaired) electrons. The van der Waals surface area contributed by atoms with Crippen molar-refractivity contribution in [3.63, 3.8) is 0 Å². The Morgan fingerprint density at radius 1 is 1.15 bits per heavy atom. The van der Waals surface area contributed by atoms with Crippen LogP contribution in [0.3, 0.4) is 0 Å². The molecule has 2 atom stereocenters. The first-order valence-corrected chi connectivity index (χ1v) is 7.55. The van der Waals surface area contributed by atoms with Gasteiger partial charge in [0.2, 0.25) is 0 Å². The zero-order chi connectivity index (χ0) is 14.4. The summed E-state index contributed by atoms with van der Waals surface area (Å²) in [7, 11) is 0. The minimum absolute atomic E-state index is 0.271. The molecule has 1 aliphatic rings. The quantitative estimate of drug-likeness (QED) is 0.839. The Bertz CT molecular complexity index is 390. The number of benzene rings is 1. The molecule has 3 nitrogen and oxygen atoms in total. The molecule has 0 saturated carbocycles. The molecular weight excluding hydrogens is 255 g/mol. The molecule has 1 heterocycles. The fraction of sp³-hybridized carbons (Fsp3) is 0.625. The van der Waals surface area contributed by atoms with Gasteiger partial charge in [-0.25, -0.2) is 4.39 Å². The van der Waals surface area contributed by atoms with E-state index in [1.807, 2.05) is 0 Å². The molecule has 1 fully saturated rings. The van der Waals surface area contributed by atoms with Crippen LogP contribution >= 0.6 is 0 Å². The predicted octanol–water partition coefficient (Wildman–Crippen LogP) is 2.32. The average molecular weight is 280 g/mol. The Hall–Kier alpha value is -0.970. The molecule has 0 amide bonds. The summed E-state index contributed by atoms with van der Waals surface area (Å²) in [6, 6.07) is 6.53. The summed E-state index contributed by atoms with van der Waals surface area (Å²) in [4.78, 5) is 2.50. The monoisotopic (exact) mass is 280 g/mol. The molecule has 0 aliphatic carbocycles. The standard InChI is InChI=1S/C16H25FN2O/c1-13(19-9-3-2-4-10-19)11-18-12-16(20)14-5-7-15(17)8-6-14/h5-8,13,16,18,20H,2-4,9-12H2,1H3. The van der Waals surface area contributed by atoms with Gasteiger partial charge in [-0.3, -0.25) is 4.90 Å². The van der Waals surface area contributed by atoms with Crippen LogP contribution in [0.2, 0.25) is 0 Å². The van der Waals surface area contributed by atoms with Crippen molar-refractivity contribution in [2.45, 2.75) is 38.3 Å². The second-order valence-corrected chi connectivity index (χ2v) is 5.67. The fourth-order valence-corrected chi connectivity index (χ4v) is 2.72. The summed E-state index contributed by atoms with van der Waals surface area (Å²) >= 11 is 0. The highest BCUT2D eigenvalue weighted by molar-refractivity contribution is 5.18. The van der Waals surface area contributed by atoms with Gasteiger partial charge in [0.15, 0.2) is 0 Å². The lowest BCUT2D eigenvalue weighted by molar-refractivity contribution is 0.151. The van der Waals surface area contributed by atoms with Crippen molar-refractivity contribution in [1.29, 1.82) is 0 Å². The molecular formula is C16H25FN2O. The van der Waals surface area contributed by atoms with E-state index in [9.17, 15) is 9.50 Å². The zero-order valence-electron chi connectivity index (χ0n) is 12.2. The number of nitrogens with zero attached hydrogens (tertiary/aromatic N) is 1. The zero-order valence-corrected chi connectivity index (χ0v) is 12.2. The van der Waals surface area contributed by atoms with Crippen LogP contribution in [0.25, 0.3) is 0 Å². The van der Waals surface area contributed by atoms with Crippen molar-refractivity contribution in [3.05, 3.63) is 35.6 Å². The number of rotatable bonds is 6. The van der Waals surface area contributed by atoms with Gasteiger partial charge in [0, 0.05) is 19.1 Å². The van der Waals surface area contributed by atoms with E-state index in [1.165, 1.54) is 44.5 Å². The van der Waals surface area contributed by atoms with Crippen molar-refractivity contribution in [2.24, 2.45) is 0 Å². The van der Waals surface area contributed by atoms with Gasteiger partial charge in [0.05, 0.1) is 6.10 Å². The molecule has 4 heteroatoms. The maximum atomic E-state index is 12.8. The molecule has 2 unspecified atom stereocenters. The maximum Gasteiger partial charge on any atom is 0.123 e. The molecule has 1 aromatic rings. The van der Waals surface area contributed by atoms with Crippen LogP contribution in [0, 0.1) is 5.82 Å². The molecule has 0 spiro atoms. The Morgan fingerprint density at radius 3 is 2.45 bits per heavy atom. The molecule has 0 aromatic heterocycles. The molecule has 1 aromatic carbocycles. The van der Waals surface area contributed by atoms with Gasteiger partial charge in [-0.15, -0.1) is 0 Å². The molecule has 20 heavy (non-hydrogen) atoms. The molecule has 112 valence electrons. The van der Waals surface area contributed by atoms with Crippen molar-refractivity contribution in [2.75, 3.05) is 26.2 Å². The van der Waals surface area contributed by atoms with Crippen molar-refractivity contribution >= 4 is 0 Å². The average Bonchev–Trinajstić information content (AvgIpc) is 2.48. The Balaban J connectivity index is 1.70. The number of hydrogen-bond donors (Lipinski definition) is 2. The first-order chi connectivity index (χ1) is 9.66. The second kappa shape index (κ2) is 7.72. The number of piperidine rings is 1. The van der Waals surface area contributed by atoms with Crippen LogP contribution in [0.4, 0.5) is 4.39 Å². The molecule has 2 N–H and O–H groups in total. The largest absolute Gasteiger partial charge is 0.387 e. The third-order valence-electron chi connectivity index (χ3n) is 4.05. The van der Waals surface area contributed by atoms with E-state index < -0.39 is 6.10 Å². The summed E-state index contributed by atoms with van der Waals surface area (Å²) in [5.41, 5.74) is 0.754. The third kappa shape index (κ3) is 4.54. The van der Waals surface area contributed by atoms with Crippen LogP contribution in [0.5, 0.6) is 0 Å². The van der Waals surface area contributed by atoms with Crippen LogP contribution in [0.1, 0.15) is 37.9 Å². The summed E-state index contributed by atoms with van der Waals surface area (Å²) < 4.78 is 12.8. The SMILES string of the molecule is CC(CNCC(O)c1ccc(F)cc1)N1CCCCC1. The van der Waals surface area contributed by atoms with Crippen molar-refractivity contribution in [3.8, 4) is 0 Å². The highest BCUT2D eigenvalue weighted by atomic mass is 19.1. The fourth-order valence-electron chi connectivity index (χ4n) is 2.72. The van der Waals surface area contributed by atoms with Crippen molar-refractivity contribution in [1.82, 2.24) is 10.2 Å². The summed E-state index contributed by atoms with van der Waals surface area (Å²) in [5.74, 6) is -0.271. The van der Waals surface area contributed by atoms with Crippen LogP contribution in [0.15, 0.2) is 24.3 Å². The topological polar surface area (TPSA) is 35.5 Å². The Labute approximate surface area is 120 Å². The van der Waals surface area contributed by atoms with E-state index in [0.29, 0.717) is 12.6 Å². The number of hydrogen-bond acceptors (Lipinski definition) is 3. The molecule has 1 aliphatic heterocycles. The summed E-state index contributed by atoms with van der Waals surface area (Å²) in [5, 5.41) is 13.3. The molecule has 2 rings (SSSR count). The van der Waals surface area contributed by atoms with E-state index in [4.69, 9.17) is 0 Å². The minimum atomic E-state index is -0.579. The number of aliphatic hydroxyl groups is 1. The predicted molar refractivity (Wildman–Crippen MR) is 79.1 cm³/mol. The number of aliphatic hydroxyl groups excluding tert-OH is 1. The lowest BCUT2D eigenvalue weighted by Crippen LogP contribution is -2.43. The Kier molecular flexibility index (Phi) is 5.95. The lowest BCUT2D eigenvalue weighted by Gasteiger charge is -2.32. The number of halogens is 1. The van der Waals surface area contributed by atoms with Gasteiger partial charge in [-0.1, -0.05) is 18.6 Å². The van der Waals surface area contributed by atoms with Crippen LogP contribution in [-0.4, -0.2) is 42.2 Å². The van der Waals surface area contributed by atoms with Crippen molar-refractivity contribution < 1.29 is 9.50 Å². The highest BCUT2D eigenvalue weighted by Gasteiger charge is 2.16. The second-order valence-electron chi connectivity index (χ2n) is 5.67. The first kappa shape index (κ1) is 15.4. The van der Waals surface area contributed by atoms with Crippen LogP contribution < -0.4 is 5.32 Å². The van der Waals surface area contributed by atoms with Gasteiger partial charge in [-0.05, 0) is 50.6 Å². The minimum Gasteiger partial charge on any atom is -0.387 e. The first-order valence-electron chi connectivity index (χ1n) is 7.55. The van der Waals surface area contributed by atoms with Gasteiger partial charge in [0.1, 0.15) is 5.82 Å². The maximum absolute atomic E-state index is 12.8. The lowest BCUT2D eigenvalue weighted by atomic mass is 10.1. The highest BCUT2D eigenvalue weighted by Crippen LogP contribution is 2.13. The molecule has 1 saturated heterocycles. The van der Waals surface area contributed by atoms with Gasteiger partial charge in [-0.2, -0.15) is 0 Å². The summed E-state index contributed by atoms with van der Waals surface area (Å²) in [6.07, 6.45) is 3.36. The van der Waals surface area contributed by atoms with E-state index >= 15 is 0 Å². The van der Waals surface area contributed by atoms with Gasteiger partial charge < -0.3 is 10.4 Å². The summed E-state index contributed by atoms with van der Waals surface area (Å²) in [6.45, 7) is 5.97. The smallest absolute Gasteiger partial charge is 0.123 e. The third-order valence-corrected chi connectivity index (χ3v) is 4.05. The van der Waals surface area contributed by atoms with E-state index in [0.717, 1.165) is 12.1 Å². The Morgan fingerprint density at radius 2 is 1.80 bits per heavy atom. The molecule has 0 bridgehead atoms. The number of likely N-dealkylation sites (tertiary alicyclic amines) is 1. The van der Waals surface area contributed by atoms with E-state index in [2.05, 4.69) is 17.1 Å². The van der Waals surface area contributed by atoms with E-state index in [1.54, 1.807) is 12.1 Å². The van der Waals surface area contributed by atoms with Gasteiger partial charge >= 0.3 is 0 Å². The van der Waals surface area contributed by atoms with E-state index in [-0.39, 0.29) is 5.82 Å². The number of nitrogens with one attached hydrogen (secondary N) is 1. The normalized spacial score (nSPS) is 19.8.